The topological polar surface area (TPSA) is 12.9 Å². The number of rotatable bonds is 3. The predicted molar refractivity (Wildman–Crippen MR) is 80.0 cm³/mol. The molecule has 0 aliphatic carbocycles. The first-order valence-electron chi connectivity index (χ1n) is 6.74. The van der Waals surface area contributed by atoms with Gasteiger partial charge in [-0.3, -0.25) is 0 Å². The third-order valence-corrected chi connectivity index (χ3v) is 3.26. The molecule has 2 aromatic carbocycles. The maximum atomic E-state index is 4.83. The molecule has 3 rings (SSSR count). The van der Waals surface area contributed by atoms with Gasteiger partial charge in [0.25, 0.3) is 0 Å². The predicted octanol–water partition coefficient (Wildman–Crippen LogP) is 4.65. The summed E-state index contributed by atoms with van der Waals surface area (Å²) in [5.74, 6) is 0. The van der Waals surface area contributed by atoms with Gasteiger partial charge < -0.3 is 4.98 Å². The molecule has 1 aromatic heterocycles. The molecule has 20 heavy (non-hydrogen) atoms. The molecule has 3 aromatic rings. The maximum absolute atomic E-state index is 4.83. The summed E-state index contributed by atoms with van der Waals surface area (Å²) >= 11 is 0. The van der Waals surface area contributed by atoms with E-state index in [9.17, 15) is 0 Å². The fourth-order valence-corrected chi connectivity index (χ4v) is 2.38. The number of aryl methyl sites for hydroxylation is 1. The summed E-state index contributed by atoms with van der Waals surface area (Å²) in [4.78, 5) is 4.83. The molecule has 0 aliphatic rings. The van der Waals surface area contributed by atoms with Crippen molar-refractivity contribution in [2.24, 2.45) is 0 Å². The van der Waals surface area contributed by atoms with Gasteiger partial charge in [0, 0.05) is 25.8 Å². The Labute approximate surface area is 133 Å². The molecule has 0 saturated heterocycles. The van der Waals surface area contributed by atoms with E-state index < -0.39 is 0 Å². The van der Waals surface area contributed by atoms with Crippen LogP contribution in [0.5, 0.6) is 0 Å². The molecule has 0 fully saturated rings. The molecule has 2 heteroatoms. The summed E-state index contributed by atoms with van der Waals surface area (Å²) in [7, 11) is 0. The number of hydrogen-bond acceptors (Lipinski definition) is 1. The van der Waals surface area contributed by atoms with Crippen LogP contribution in [0.2, 0.25) is 0 Å². The second-order valence-electron chi connectivity index (χ2n) is 4.71. The summed E-state index contributed by atoms with van der Waals surface area (Å²) in [5.41, 5.74) is 3.27. The van der Waals surface area contributed by atoms with Crippen LogP contribution in [-0.4, -0.2) is 4.98 Å². The summed E-state index contributed by atoms with van der Waals surface area (Å²) in [6.07, 6.45) is 2.13. The maximum Gasteiger partial charge on any atom is 0.0303 e. The largest absolute Gasteiger partial charge is 0.301 e. The van der Waals surface area contributed by atoms with Crippen molar-refractivity contribution in [1.29, 1.82) is 0 Å². The quantitative estimate of drug-likeness (QED) is 0.543. The van der Waals surface area contributed by atoms with Crippen LogP contribution in [0, 0.1) is 6.07 Å². The van der Waals surface area contributed by atoms with Crippen LogP contribution >= 0.6 is 0 Å². The van der Waals surface area contributed by atoms with Gasteiger partial charge in [0.05, 0.1) is 0 Å². The minimum absolute atomic E-state index is 0. The zero-order valence-electron chi connectivity index (χ0n) is 11.4. The third-order valence-electron chi connectivity index (χ3n) is 3.26. The Morgan fingerprint density at radius 2 is 1.85 bits per heavy atom. The standard InChI is InChI=1S/C18H16N.Ir/c1-2-8-16-13-15-11-6-7-12-17(15)18(19-16)14-9-4-3-5-10-14;/h3-7,9,11-13H,2,8H2,1H3;/q-1;. The van der Waals surface area contributed by atoms with Gasteiger partial charge in [-0.15, -0.1) is 35.9 Å². The molecule has 0 saturated carbocycles. The molecule has 0 atom stereocenters. The average molecular weight is 439 g/mol. The van der Waals surface area contributed by atoms with Crippen LogP contribution in [0.4, 0.5) is 0 Å². The minimum atomic E-state index is 0. The van der Waals surface area contributed by atoms with E-state index in [0.29, 0.717) is 0 Å². The van der Waals surface area contributed by atoms with E-state index >= 15 is 0 Å². The molecule has 0 unspecified atom stereocenters. The molecule has 0 spiro atoms. The van der Waals surface area contributed by atoms with Crippen LogP contribution < -0.4 is 0 Å². The smallest absolute Gasteiger partial charge is 0.0303 e. The molecule has 1 radical (unpaired) electrons. The van der Waals surface area contributed by atoms with Gasteiger partial charge in [-0.2, -0.15) is 0 Å². The average Bonchev–Trinajstić information content (AvgIpc) is 2.48. The molecule has 0 aliphatic heterocycles. The van der Waals surface area contributed by atoms with E-state index in [4.69, 9.17) is 4.98 Å². The molecular weight excluding hydrogens is 422 g/mol. The van der Waals surface area contributed by atoms with Crippen molar-refractivity contribution >= 4 is 10.8 Å². The van der Waals surface area contributed by atoms with E-state index in [-0.39, 0.29) is 20.1 Å². The normalized spacial score (nSPS) is 10.2. The number of fused-ring (bicyclic) bond motifs is 1. The third kappa shape index (κ3) is 2.98. The zero-order valence-corrected chi connectivity index (χ0v) is 13.8. The van der Waals surface area contributed by atoms with Crippen LogP contribution in [0.1, 0.15) is 19.0 Å². The fourth-order valence-electron chi connectivity index (χ4n) is 2.38. The minimum Gasteiger partial charge on any atom is -0.301 e. The number of hydrogen-bond donors (Lipinski definition) is 0. The van der Waals surface area contributed by atoms with E-state index in [1.54, 1.807) is 0 Å². The molecular formula is C18H16IrN-. The van der Waals surface area contributed by atoms with E-state index in [2.05, 4.69) is 49.4 Å². The number of benzene rings is 2. The molecule has 1 heterocycles. The number of nitrogens with zero attached hydrogens (tertiary/aromatic N) is 1. The summed E-state index contributed by atoms with van der Waals surface area (Å²) in [6, 6.07) is 22.0. The van der Waals surface area contributed by atoms with Crippen LogP contribution in [0.15, 0.2) is 54.6 Å². The van der Waals surface area contributed by atoms with Gasteiger partial charge in [-0.1, -0.05) is 37.6 Å². The van der Waals surface area contributed by atoms with Gasteiger partial charge in [0.1, 0.15) is 0 Å². The van der Waals surface area contributed by atoms with Gasteiger partial charge >= 0.3 is 0 Å². The Morgan fingerprint density at radius 3 is 2.60 bits per heavy atom. The Morgan fingerprint density at radius 1 is 1.05 bits per heavy atom. The van der Waals surface area contributed by atoms with Crippen LogP contribution in [-0.2, 0) is 26.5 Å². The van der Waals surface area contributed by atoms with E-state index in [0.717, 1.165) is 29.8 Å². The summed E-state index contributed by atoms with van der Waals surface area (Å²) in [5, 5.41) is 2.46. The second kappa shape index (κ2) is 6.78. The van der Waals surface area contributed by atoms with E-state index in [1.807, 2.05) is 18.2 Å². The van der Waals surface area contributed by atoms with Crippen LogP contribution in [0.25, 0.3) is 22.0 Å². The fraction of sp³-hybridized carbons (Fsp3) is 0.167. The molecule has 0 N–H and O–H groups in total. The van der Waals surface area contributed by atoms with Gasteiger partial charge in [-0.25, -0.2) is 0 Å². The van der Waals surface area contributed by atoms with Crippen molar-refractivity contribution in [3.05, 3.63) is 66.4 Å². The first kappa shape index (κ1) is 14.9. The monoisotopic (exact) mass is 439 g/mol. The zero-order chi connectivity index (χ0) is 13.1. The van der Waals surface area contributed by atoms with Gasteiger partial charge in [-0.05, 0) is 29.0 Å². The Hall–Kier alpha value is -1.50. The SMILES string of the molecule is CCCc1cc2ccccc2c(-c2[c-]cccc2)n1.[Ir]. The van der Waals surface area contributed by atoms with E-state index in [1.165, 1.54) is 10.8 Å². The van der Waals surface area contributed by atoms with Gasteiger partial charge in [0.15, 0.2) is 0 Å². The first-order valence-corrected chi connectivity index (χ1v) is 6.74. The van der Waals surface area contributed by atoms with Crippen molar-refractivity contribution in [2.45, 2.75) is 19.8 Å². The van der Waals surface area contributed by atoms with Crippen molar-refractivity contribution in [3.63, 3.8) is 0 Å². The number of aromatic nitrogens is 1. The summed E-state index contributed by atoms with van der Waals surface area (Å²) in [6.45, 7) is 2.19. The van der Waals surface area contributed by atoms with Crippen LogP contribution in [0.3, 0.4) is 0 Å². The molecule has 0 amide bonds. The Kier molecular flexibility index (Phi) is 5.05. The van der Waals surface area contributed by atoms with Crippen molar-refractivity contribution < 1.29 is 20.1 Å². The van der Waals surface area contributed by atoms with Crippen molar-refractivity contribution in [2.75, 3.05) is 0 Å². The molecule has 0 bridgehead atoms. The van der Waals surface area contributed by atoms with Crippen molar-refractivity contribution in [1.82, 2.24) is 4.98 Å². The Bertz CT molecular complexity index is 692. The van der Waals surface area contributed by atoms with Gasteiger partial charge in [0.2, 0.25) is 0 Å². The molecule has 103 valence electrons. The second-order valence-corrected chi connectivity index (χ2v) is 4.71. The first-order chi connectivity index (χ1) is 9.38. The van der Waals surface area contributed by atoms with Crippen molar-refractivity contribution in [3.8, 4) is 11.3 Å². The number of pyridine rings is 1. The molecule has 1 nitrogen and oxygen atoms in total. The Balaban J connectivity index is 0.00000147. The summed E-state index contributed by atoms with van der Waals surface area (Å²) < 4.78 is 0.